The molecular formula is C48H84O2. The lowest BCUT2D eigenvalue weighted by Gasteiger charge is -2.02. The van der Waals surface area contributed by atoms with Gasteiger partial charge in [0.2, 0.25) is 0 Å². The van der Waals surface area contributed by atoms with Gasteiger partial charge in [-0.15, -0.1) is 0 Å². The Hall–Kier alpha value is -2.35. The van der Waals surface area contributed by atoms with Crippen LogP contribution in [0.2, 0.25) is 0 Å². The predicted octanol–water partition coefficient (Wildman–Crippen LogP) is 16.7. The van der Waals surface area contributed by atoms with E-state index < -0.39 is 5.97 Å². The van der Waals surface area contributed by atoms with Crippen molar-refractivity contribution in [2.24, 2.45) is 0 Å². The molecule has 0 aliphatic heterocycles. The molecule has 0 rings (SSSR count). The fourth-order valence-electron chi connectivity index (χ4n) is 5.68. The molecule has 0 unspecified atom stereocenters. The number of rotatable bonds is 30. The van der Waals surface area contributed by atoms with Crippen molar-refractivity contribution in [1.29, 1.82) is 0 Å². The smallest absolute Gasteiger partial charge is 0.303 e. The molecule has 50 heavy (non-hydrogen) atoms. The molecule has 0 saturated carbocycles. The van der Waals surface area contributed by atoms with Crippen LogP contribution in [0.1, 0.15) is 216 Å². The van der Waals surface area contributed by atoms with Crippen molar-refractivity contribution in [3.63, 3.8) is 0 Å². The van der Waals surface area contributed by atoms with E-state index >= 15 is 0 Å². The van der Waals surface area contributed by atoms with E-state index in [-0.39, 0.29) is 0 Å². The molecular weight excluding hydrogens is 609 g/mol. The minimum atomic E-state index is -0.664. The lowest BCUT2D eigenvalue weighted by atomic mass is 10.0. The number of carboxylic acid groups (broad SMARTS) is 1. The van der Waals surface area contributed by atoms with Crippen LogP contribution in [0, 0.1) is 0 Å². The van der Waals surface area contributed by atoms with Gasteiger partial charge in [-0.25, -0.2) is 0 Å². The van der Waals surface area contributed by atoms with Crippen LogP contribution in [0.15, 0.2) is 82.0 Å². The predicted molar refractivity (Wildman–Crippen MR) is 227 cm³/mol. The lowest BCUT2D eigenvalue weighted by molar-refractivity contribution is -0.137. The third-order valence-corrected chi connectivity index (χ3v) is 9.05. The van der Waals surface area contributed by atoms with E-state index in [0.29, 0.717) is 6.42 Å². The molecule has 0 aromatic carbocycles. The van der Waals surface area contributed by atoms with E-state index in [1.807, 2.05) is 0 Å². The van der Waals surface area contributed by atoms with E-state index in [2.05, 4.69) is 111 Å². The first-order chi connectivity index (χ1) is 24.0. The quantitative estimate of drug-likeness (QED) is 0.0601. The van der Waals surface area contributed by atoms with Crippen LogP contribution in [0.5, 0.6) is 0 Å². The van der Waals surface area contributed by atoms with Gasteiger partial charge in [0.1, 0.15) is 0 Å². The largest absolute Gasteiger partial charge is 0.481 e. The van der Waals surface area contributed by atoms with Crippen molar-refractivity contribution >= 4 is 5.97 Å². The fourth-order valence-corrected chi connectivity index (χ4v) is 5.68. The number of carbonyl (C=O) groups is 1. The minimum absolute atomic E-state index is 0.332. The summed E-state index contributed by atoms with van der Waals surface area (Å²) in [4.78, 5) is 10.3. The number of carboxylic acids is 1. The molecule has 1 N–H and O–H groups in total. The molecule has 0 aliphatic rings. The monoisotopic (exact) mass is 693 g/mol. The average molecular weight is 693 g/mol. The van der Waals surface area contributed by atoms with Gasteiger partial charge in [-0.3, -0.25) is 4.79 Å². The van der Waals surface area contributed by atoms with Gasteiger partial charge in [0.15, 0.2) is 0 Å². The Bertz CT molecular complexity index is 960. The SMILES string of the molecule is CC(C)=CCCC(C)=CCCC(C)=CCCC=C(C)CCC=C(C)CCC=C(C)C.CCCCCCCCC=CCCCCCCCC(=O)O. The molecule has 0 aromatic rings. The second-order valence-electron chi connectivity index (χ2n) is 15.2. The van der Waals surface area contributed by atoms with Crippen LogP contribution in [0.25, 0.3) is 0 Å². The second-order valence-corrected chi connectivity index (χ2v) is 15.2. The topological polar surface area (TPSA) is 37.3 Å². The molecule has 0 radical (unpaired) electrons. The van der Waals surface area contributed by atoms with Gasteiger partial charge in [-0.05, 0) is 152 Å². The first-order valence-electron chi connectivity index (χ1n) is 20.7. The molecule has 0 aromatic heterocycles. The maximum absolute atomic E-state index is 10.3. The number of allylic oxidation sites excluding steroid dienone is 14. The van der Waals surface area contributed by atoms with E-state index in [4.69, 9.17) is 5.11 Å². The Morgan fingerprint density at radius 3 is 1.06 bits per heavy atom. The van der Waals surface area contributed by atoms with Crippen LogP contribution in [0.3, 0.4) is 0 Å². The van der Waals surface area contributed by atoms with Gasteiger partial charge in [-0.1, -0.05) is 140 Å². The fraction of sp³-hybridized carbons (Fsp3) is 0.688. The van der Waals surface area contributed by atoms with Crippen LogP contribution in [0.4, 0.5) is 0 Å². The molecule has 0 aliphatic carbocycles. The number of hydrogen-bond acceptors (Lipinski definition) is 1. The summed E-state index contributed by atoms with van der Waals surface area (Å²) in [6.45, 7) is 20.1. The first-order valence-corrected chi connectivity index (χ1v) is 20.7. The van der Waals surface area contributed by atoms with E-state index in [9.17, 15) is 4.79 Å². The van der Waals surface area contributed by atoms with Crippen LogP contribution < -0.4 is 0 Å². The molecule has 0 spiro atoms. The number of unbranched alkanes of at least 4 members (excludes halogenated alkanes) is 12. The standard InChI is InChI=1S/C30H50.C18H34O2/c1-25(2)15-11-19-29(7)23-13-21-27(5)17-9-10-18-28(6)22-14-24-30(8)20-12-16-26(3)4;1-2-3-4-5-6-7-8-9-10-11-12-13-14-15-16-17-18(19)20/h15-18,23-24H,9-14,19-22H2,1-8H3;9-10H,2-8,11-17H2,1H3,(H,19,20). The van der Waals surface area contributed by atoms with E-state index in [1.165, 1.54) is 168 Å². The van der Waals surface area contributed by atoms with Gasteiger partial charge in [0, 0.05) is 6.42 Å². The van der Waals surface area contributed by atoms with Gasteiger partial charge < -0.3 is 5.11 Å². The Labute approximate surface area is 313 Å². The highest BCUT2D eigenvalue weighted by Crippen LogP contribution is 2.15. The van der Waals surface area contributed by atoms with Crippen LogP contribution in [-0.2, 0) is 4.79 Å². The molecule has 0 amide bonds. The highest BCUT2D eigenvalue weighted by Gasteiger charge is 1.97. The molecule has 0 bridgehead atoms. The summed E-state index contributed by atoms with van der Waals surface area (Å²) < 4.78 is 0. The van der Waals surface area contributed by atoms with Crippen molar-refractivity contribution in [3.8, 4) is 0 Å². The summed E-state index contributed by atoms with van der Waals surface area (Å²) in [7, 11) is 0. The van der Waals surface area contributed by atoms with Gasteiger partial charge >= 0.3 is 5.97 Å². The summed E-state index contributed by atoms with van der Waals surface area (Å²) in [5.74, 6) is -0.664. The lowest BCUT2D eigenvalue weighted by Crippen LogP contribution is -1.93. The van der Waals surface area contributed by atoms with Crippen molar-refractivity contribution in [2.45, 2.75) is 216 Å². The number of hydrogen-bond donors (Lipinski definition) is 1. The molecule has 0 fully saturated rings. The molecule has 0 saturated heterocycles. The highest BCUT2D eigenvalue weighted by atomic mass is 16.4. The zero-order chi connectivity index (χ0) is 37.7. The summed E-state index contributed by atoms with van der Waals surface area (Å²) in [5.41, 5.74) is 8.97. The molecule has 2 nitrogen and oxygen atoms in total. The normalized spacial score (nSPS) is 12.6. The van der Waals surface area contributed by atoms with Gasteiger partial charge in [0.25, 0.3) is 0 Å². The van der Waals surface area contributed by atoms with Crippen molar-refractivity contribution < 1.29 is 9.90 Å². The Morgan fingerprint density at radius 1 is 0.380 bits per heavy atom. The van der Waals surface area contributed by atoms with Crippen molar-refractivity contribution in [1.82, 2.24) is 0 Å². The Balaban J connectivity index is 0. The van der Waals surface area contributed by atoms with Crippen LogP contribution in [-0.4, -0.2) is 11.1 Å². The van der Waals surface area contributed by atoms with Crippen molar-refractivity contribution in [2.75, 3.05) is 0 Å². The van der Waals surface area contributed by atoms with Crippen LogP contribution >= 0.6 is 0 Å². The second kappa shape index (κ2) is 37.9. The molecule has 0 atom stereocenters. The zero-order valence-electron chi connectivity index (χ0n) is 34.9. The zero-order valence-corrected chi connectivity index (χ0v) is 34.9. The Kier molecular flexibility index (Phi) is 37.7. The summed E-state index contributed by atoms with van der Waals surface area (Å²) >= 11 is 0. The van der Waals surface area contributed by atoms with Gasteiger partial charge in [-0.2, -0.15) is 0 Å². The van der Waals surface area contributed by atoms with Crippen molar-refractivity contribution in [3.05, 3.63) is 82.0 Å². The maximum atomic E-state index is 10.3. The molecule has 2 heteroatoms. The number of aliphatic carboxylic acids is 1. The average Bonchev–Trinajstić information content (AvgIpc) is 3.04. The summed E-state index contributed by atoms with van der Waals surface area (Å²) in [6, 6.07) is 0. The highest BCUT2D eigenvalue weighted by molar-refractivity contribution is 5.66. The van der Waals surface area contributed by atoms with Gasteiger partial charge in [0.05, 0.1) is 0 Å². The molecule has 288 valence electrons. The minimum Gasteiger partial charge on any atom is -0.481 e. The third-order valence-electron chi connectivity index (χ3n) is 9.05. The molecule has 0 heterocycles. The Morgan fingerprint density at radius 2 is 0.700 bits per heavy atom. The van der Waals surface area contributed by atoms with E-state index in [1.54, 1.807) is 0 Å². The first kappa shape index (κ1) is 49.8. The van der Waals surface area contributed by atoms with E-state index in [0.717, 1.165) is 12.8 Å². The maximum Gasteiger partial charge on any atom is 0.303 e. The summed E-state index contributed by atoms with van der Waals surface area (Å²) in [6.07, 6.45) is 47.5. The summed E-state index contributed by atoms with van der Waals surface area (Å²) in [5, 5.41) is 8.51. The third kappa shape index (κ3) is 43.7.